The number of alkyl carbamates (subject to hydrolysis) is 1. The zero-order valence-electron chi connectivity index (χ0n) is 20.7. The molecule has 0 aromatic heterocycles. The molecule has 1 atom stereocenters. The number of carboxylic acid groups (broad SMARTS) is 1. The minimum Gasteiger partial charge on any atom is -0.481 e. The van der Waals surface area contributed by atoms with E-state index in [1.165, 1.54) is 11.1 Å². The lowest BCUT2D eigenvalue weighted by Crippen LogP contribution is -2.45. The second-order valence-corrected chi connectivity index (χ2v) is 10.3. The van der Waals surface area contributed by atoms with Crippen LogP contribution in [0, 0.1) is 5.41 Å². The Kier molecular flexibility index (Phi) is 6.88. The predicted octanol–water partition coefficient (Wildman–Crippen LogP) is 4.80. The highest BCUT2D eigenvalue weighted by molar-refractivity contribution is 5.81. The molecule has 1 aliphatic carbocycles. The maximum Gasteiger partial charge on any atom is 0.407 e. The topological polar surface area (TPSA) is 95.9 Å². The molecule has 2 aliphatic rings. The van der Waals surface area contributed by atoms with E-state index in [2.05, 4.69) is 29.6 Å². The summed E-state index contributed by atoms with van der Waals surface area (Å²) in [5, 5.41) is 12.5. The van der Waals surface area contributed by atoms with E-state index in [1.807, 2.05) is 45.0 Å². The molecule has 1 aliphatic heterocycles. The van der Waals surface area contributed by atoms with Crippen molar-refractivity contribution in [2.24, 2.45) is 5.41 Å². The normalized spacial score (nSPS) is 19.2. The van der Waals surface area contributed by atoms with Gasteiger partial charge >= 0.3 is 12.1 Å². The van der Waals surface area contributed by atoms with Crippen molar-refractivity contribution in [3.8, 4) is 11.1 Å². The zero-order chi connectivity index (χ0) is 25.2. The van der Waals surface area contributed by atoms with E-state index in [0.717, 1.165) is 11.1 Å². The van der Waals surface area contributed by atoms with E-state index >= 15 is 0 Å². The summed E-state index contributed by atoms with van der Waals surface area (Å²) in [5.41, 5.74) is 3.17. The molecule has 0 bridgehead atoms. The van der Waals surface area contributed by atoms with Crippen molar-refractivity contribution in [3.05, 3.63) is 59.7 Å². The quantitative estimate of drug-likeness (QED) is 0.568. The average Bonchev–Trinajstić information content (AvgIpc) is 3.42. The first-order valence-corrected chi connectivity index (χ1v) is 12.3. The number of ether oxygens (including phenoxy) is 1. The Morgan fingerprint density at radius 2 is 1.69 bits per heavy atom. The number of likely N-dealkylation sites (tertiary alicyclic amines) is 1. The Balaban J connectivity index is 1.29. The third-order valence-corrected chi connectivity index (χ3v) is 7.58. The molecular formula is C28H34N2O5. The van der Waals surface area contributed by atoms with E-state index in [9.17, 15) is 19.5 Å². The van der Waals surface area contributed by atoms with E-state index in [0.29, 0.717) is 25.8 Å². The van der Waals surface area contributed by atoms with Crippen LogP contribution in [-0.4, -0.2) is 53.2 Å². The molecule has 7 heteroatoms. The number of fused-ring (bicyclic) bond motifs is 3. The molecule has 186 valence electrons. The summed E-state index contributed by atoms with van der Waals surface area (Å²) in [5.74, 6) is -0.933. The van der Waals surface area contributed by atoms with Crippen LogP contribution in [0.5, 0.6) is 0 Å². The number of amides is 2. The first-order valence-electron chi connectivity index (χ1n) is 12.3. The predicted molar refractivity (Wildman–Crippen MR) is 133 cm³/mol. The molecule has 1 unspecified atom stereocenters. The molecule has 2 N–H and O–H groups in total. The van der Waals surface area contributed by atoms with Gasteiger partial charge < -0.3 is 20.1 Å². The fraction of sp³-hybridized carbons (Fsp3) is 0.464. The summed E-state index contributed by atoms with van der Waals surface area (Å²) in [6.07, 6.45) is 1.13. The van der Waals surface area contributed by atoms with Gasteiger partial charge in [0, 0.05) is 31.0 Å². The molecule has 7 nitrogen and oxygen atoms in total. The molecule has 2 aromatic carbocycles. The summed E-state index contributed by atoms with van der Waals surface area (Å²) in [4.78, 5) is 38.7. The van der Waals surface area contributed by atoms with Gasteiger partial charge in [-0.25, -0.2) is 4.79 Å². The molecule has 35 heavy (non-hydrogen) atoms. The van der Waals surface area contributed by atoms with Crippen molar-refractivity contribution < 1.29 is 24.2 Å². The fourth-order valence-electron chi connectivity index (χ4n) is 5.25. The van der Waals surface area contributed by atoms with Crippen LogP contribution in [0.2, 0.25) is 0 Å². The van der Waals surface area contributed by atoms with E-state index in [-0.39, 0.29) is 31.4 Å². The van der Waals surface area contributed by atoms with Gasteiger partial charge in [0.05, 0.1) is 5.41 Å². The van der Waals surface area contributed by atoms with Gasteiger partial charge in [-0.3, -0.25) is 9.59 Å². The van der Waals surface area contributed by atoms with Crippen LogP contribution in [-0.2, 0) is 14.3 Å². The smallest absolute Gasteiger partial charge is 0.407 e. The number of carboxylic acids is 1. The Bertz CT molecular complexity index is 1080. The molecule has 2 amide bonds. The second kappa shape index (κ2) is 9.72. The molecule has 1 saturated heterocycles. The molecule has 2 aromatic rings. The number of hydrogen-bond donors (Lipinski definition) is 2. The largest absolute Gasteiger partial charge is 0.481 e. The molecular weight excluding hydrogens is 444 g/mol. The molecule has 0 saturated carbocycles. The van der Waals surface area contributed by atoms with Gasteiger partial charge in [0.2, 0.25) is 5.91 Å². The third-order valence-electron chi connectivity index (χ3n) is 7.58. The minimum atomic E-state index is -0.843. The highest BCUT2D eigenvalue weighted by Gasteiger charge is 2.44. The number of aliphatic carboxylic acids is 1. The zero-order valence-corrected chi connectivity index (χ0v) is 20.7. The number of benzene rings is 2. The highest BCUT2D eigenvalue weighted by atomic mass is 16.5. The number of carbonyl (C=O) groups is 3. The fourth-order valence-corrected chi connectivity index (χ4v) is 5.25. The van der Waals surface area contributed by atoms with Crippen LogP contribution in [0.3, 0.4) is 0 Å². The Labute approximate surface area is 206 Å². The van der Waals surface area contributed by atoms with Crippen molar-refractivity contribution in [1.82, 2.24) is 10.2 Å². The Morgan fingerprint density at radius 3 is 2.23 bits per heavy atom. The van der Waals surface area contributed by atoms with E-state index < -0.39 is 23.0 Å². The minimum absolute atomic E-state index is 0.0129. The van der Waals surface area contributed by atoms with Gasteiger partial charge in [-0.05, 0) is 55.4 Å². The van der Waals surface area contributed by atoms with Crippen molar-refractivity contribution in [2.75, 3.05) is 19.7 Å². The maximum absolute atomic E-state index is 12.7. The Hall–Kier alpha value is -3.35. The van der Waals surface area contributed by atoms with E-state index in [1.54, 1.807) is 4.90 Å². The lowest BCUT2D eigenvalue weighted by atomic mass is 9.84. The average molecular weight is 479 g/mol. The first-order chi connectivity index (χ1) is 16.7. The Morgan fingerprint density at radius 1 is 1.09 bits per heavy atom. The first kappa shape index (κ1) is 24.8. The van der Waals surface area contributed by atoms with Gasteiger partial charge in [0.25, 0.3) is 0 Å². The third kappa shape index (κ3) is 5.04. The number of nitrogens with one attached hydrogen (secondary N) is 1. The highest BCUT2D eigenvalue weighted by Crippen LogP contribution is 2.44. The van der Waals surface area contributed by atoms with Gasteiger partial charge in [-0.2, -0.15) is 0 Å². The van der Waals surface area contributed by atoms with Crippen molar-refractivity contribution in [3.63, 3.8) is 0 Å². The number of nitrogens with zero attached hydrogens (tertiary/aromatic N) is 1. The standard InChI is InChI=1S/C28H34N2O5/c1-4-28(25(32)33)15-16-30(18-28)24(31)13-14-27(2,3)29-26(34)35-17-23-21-11-7-5-9-19(21)20-10-6-8-12-22(20)23/h5-12,23H,4,13-18H2,1-3H3,(H,29,34)(H,32,33). The number of hydrogen-bond acceptors (Lipinski definition) is 4. The number of carbonyl (C=O) groups excluding carboxylic acids is 2. The van der Waals surface area contributed by atoms with Crippen molar-refractivity contribution in [1.29, 1.82) is 0 Å². The molecule has 1 fully saturated rings. The molecule has 0 radical (unpaired) electrons. The summed E-state index contributed by atoms with van der Waals surface area (Å²) in [6.45, 7) is 6.51. The molecule has 0 spiro atoms. The maximum atomic E-state index is 12.7. The van der Waals surface area contributed by atoms with Crippen LogP contribution in [0.15, 0.2) is 48.5 Å². The van der Waals surface area contributed by atoms with Crippen molar-refractivity contribution in [2.45, 2.75) is 57.9 Å². The van der Waals surface area contributed by atoms with Crippen LogP contribution in [0.25, 0.3) is 11.1 Å². The second-order valence-electron chi connectivity index (χ2n) is 10.3. The summed E-state index contributed by atoms with van der Waals surface area (Å²) in [6, 6.07) is 16.4. The van der Waals surface area contributed by atoms with Gasteiger partial charge in [-0.1, -0.05) is 55.5 Å². The SMILES string of the molecule is CCC1(C(=O)O)CCN(C(=O)CCC(C)(C)NC(=O)OCC2c3ccccc3-c3ccccc32)C1. The van der Waals surface area contributed by atoms with E-state index in [4.69, 9.17) is 4.74 Å². The summed E-state index contributed by atoms with van der Waals surface area (Å²) < 4.78 is 5.64. The molecule has 1 heterocycles. The van der Waals surface area contributed by atoms with Gasteiger partial charge in [-0.15, -0.1) is 0 Å². The summed E-state index contributed by atoms with van der Waals surface area (Å²) >= 11 is 0. The lowest BCUT2D eigenvalue weighted by Gasteiger charge is -2.28. The van der Waals surface area contributed by atoms with Crippen LogP contribution < -0.4 is 5.32 Å². The van der Waals surface area contributed by atoms with Gasteiger partial charge in [0.15, 0.2) is 0 Å². The van der Waals surface area contributed by atoms with Gasteiger partial charge in [0.1, 0.15) is 6.61 Å². The van der Waals surface area contributed by atoms with Crippen LogP contribution >= 0.6 is 0 Å². The lowest BCUT2D eigenvalue weighted by molar-refractivity contribution is -0.148. The van der Waals surface area contributed by atoms with Crippen LogP contribution in [0.4, 0.5) is 4.79 Å². The molecule has 4 rings (SSSR count). The summed E-state index contributed by atoms with van der Waals surface area (Å²) in [7, 11) is 0. The monoisotopic (exact) mass is 478 g/mol. The van der Waals surface area contributed by atoms with Crippen molar-refractivity contribution >= 4 is 18.0 Å². The van der Waals surface area contributed by atoms with Crippen LogP contribution in [0.1, 0.15) is 63.5 Å². The number of rotatable bonds is 8.